The number of hydrogen-bond donors (Lipinski definition) is 2. The third kappa shape index (κ3) is 4.22. The van der Waals surface area contributed by atoms with E-state index in [1.165, 1.54) is 0 Å². The van der Waals surface area contributed by atoms with Gasteiger partial charge in [-0.3, -0.25) is 14.3 Å². The van der Waals surface area contributed by atoms with Gasteiger partial charge < -0.3 is 10.6 Å². The molecule has 1 aromatic carbocycles. The van der Waals surface area contributed by atoms with Crippen molar-refractivity contribution in [1.29, 1.82) is 0 Å². The number of anilines is 1. The van der Waals surface area contributed by atoms with E-state index in [0.717, 1.165) is 6.26 Å². The molecule has 1 heterocycles. The maximum absolute atomic E-state index is 12.6. The fourth-order valence-corrected chi connectivity index (χ4v) is 3.34. The first kappa shape index (κ1) is 17.3. The highest BCUT2D eigenvalue weighted by Gasteiger charge is 2.27. The Morgan fingerprint density at radius 2 is 1.87 bits per heavy atom. The number of nitrogens with zero attached hydrogens (tertiary/aromatic N) is 1. The Bertz CT molecular complexity index is 722. The van der Waals surface area contributed by atoms with E-state index >= 15 is 0 Å². The molecule has 0 bridgehead atoms. The molecule has 0 unspecified atom stereocenters. The molecule has 0 spiro atoms. The number of likely N-dealkylation sites (tertiary alicyclic amines) is 1. The van der Waals surface area contributed by atoms with Crippen molar-refractivity contribution in [3.63, 3.8) is 0 Å². The molecule has 0 saturated carbocycles. The summed E-state index contributed by atoms with van der Waals surface area (Å²) < 4.78 is 25.2. The van der Waals surface area contributed by atoms with Gasteiger partial charge in [-0.05, 0) is 37.5 Å². The molecule has 1 saturated heterocycles. The van der Waals surface area contributed by atoms with Crippen LogP contribution in [0.4, 0.5) is 5.69 Å². The molecule has 1 aliphatic rings. The quantitative estimate of drug-likeness (QED) is 0.841. The average Bonchev–Trinajstić information content (AvgIpc) is 2.47. The van der Waals surface area contributed by atoms with E-state index < -0.39 is 10.0 Å². The molecule has 8 heteroatoms. The van der Waals surface area contributed by atoms with Crippen LogP contribution < -0.4 is 10.5 Å². The number of piperidine rings is 1. The van der Waals surface area contributed by atoms with E-state index in [4.69, 9.17) is 5.73 Å². The molecule has 7 nitrogen and oxygen atoms in total. The van der Waals surface area contributed by atoms with Gasteiger partial charge in [0.15, 0.2) is 0 Å². The van der Waals surface area contributed by atoms with Crippen LogP contribution in [0.15, 0.2) is 18.2 Å². The fourth-order valence-electron chi connectivity index (χ4n) is 2.72. The van der Waals surface area contributed by atoms with Crippen LogP contribution in [-0.4, -0.2) is 44.5 Å². The topological polar surface area (TPSA) is 110 Å². The summed E-state index contributed by atoms with van der Waals surface area (Å²) in [7, 11) is -3.41. The SMILES string of the molecule is Cc1c(NS(C)(=O)=O)cccc1C(=O)N1CCC(C(N)=O)CC1. The van der Waals surface area contributed by atoms with Gasteiger partial charge in [0.1, 0.15) is 0 Å². The van der Waals surface area contributed by atoms with Crippen LogP contribution in [0, 0.1) is 12.8 Å². The highest BCUT2D eigenvalue weighted by Crippen LogP contribution is 2.24. The standard InChI is InChI=1S/C15H21N3O4S/c1-10-12(4-3-5-13(10)17-23(2,21)22)15(20)18-8-6-11(7-9-18)14(16)19/h3-5,11,17H,6-9H2,1-2H3,(H2,16,19). The predicted octanol–water partition coefficient (Wildman–Crippen LogP) is 0.704. The molecule has 2 amide bonds. The number of carbonyl (C=O) groups is 2. The van der Waals surface area contributed by atoms with Gasteiger partial charge in [-0.1, -0.05) is 6.07 Å². The second kappa shape index (κ2) is 6.57. The molecular formula is C15H21N3O4S. The molecule has 1 fully saturated rings. The highest BCUT2D eigenvalue weighted by atomic mass is 32.2. The van der Waals surface area contributed by atoms with E-state index in [1.807, 2.05) is 0 Å². The largest absolute Gasteiger partial charge is 0.369 e. The van der Waals surface area contributed by atoms with E-state index in [0.29, 0.717) is 42.7 Å². The molecular weight excluding hydrogens is 318 g/mol. The molecule has 2 rings (SSSR count). The fraction of sp³-hybridized carbons (Fsp3) is 0.467. The minimum Gasteiger partial charge on any atom is -0.369 e. The zero-order valence-corrected chi connectivity index (χ0v) is 14.0. The Morgan fingerprint density at radius 3 is 2.39 bits per heavy atom. The number of carbonyl (C=O) groups excluding carboxylic acids is 2. The summed E-state index contributed by atoms with van der Waals surface area (Å²) in [5.74, 6) is -0.673. The highest BCUT2D eigenvalue weighted by molar-refractivity contribution is 7.92. The number of sulfonamides is 1. The van der Waals surface area contributed by atoms with Gasteiger partial charge in [-0.2, -0.15) is 0 Å². The Kier molecular flexibility index (Phi) is 4.93. The van der Waals surface area contributed by atoms with E-state index in [1.54, 1.807) is 30.0 Å². The van der Waals surface area contributed by atoms with Gasteiger partial charge in [0.05, 0.1) is 11.9 Å². The average molecular weight is 339 g/mol. The predicted molar refractivity (Wildman–Crippen MR) is 87.5 cm³/mol. The second-order valence-corrected chi connectivity index (χ2v) is 7.57. The van der Waals surface area contributed by atoms with Crippen molar-refractivity contribution in [3.05, 3.63) is 29.3 Å². The second-order valence-electron chi connectivity index (χ2n) is 5.82. The lowest BCUT2D eigenvalue weighted by atomic mass is 9.95. The van der Waals surface area contributed by atoms with Gasteiger partial charge in [0.25, 0.3) is 5.91 Å². The molecule has 0 aromatic heterocycles. The lowest BCUT2D eigenvalue weighted by Crippen LogP contribution is -2.42. The third-order valence-corrected chi connectivity index (χ3v) is 4.63. The first-order chi connectivity index (χ1) is 10.7. The molecule has 1 aliphatic heterocycles. The van der Waals surface area contributed by atoms with Crippen molar-refractivity contribution in [2.24, 2.45) is 11.7 Å². The normalized spacial score (nSPS) is 16.2. The maximum atomic E-state index is 12.6. The van der Waals surface area contributed by atoms with Crippen LogP contribution >= 0.6 is 0 Å². The number of rotatable bonds is 4. The maximum Gasteiger partial charge on any atom is 0.254 e. The minimum atomic E-state index is -3.41. The number of hydrogen-bond acceptors (Lipinski definition) is 4. The molecule has 3 N–H and O–H groups in total. The summed E-state index contributed by atoms with van der Waals surface area (Å²) in [6.07, 6.45) is 2.18. The zero-order valence-electron chi connectivity index (χ0n) is 13.2. The van der Waals surface area contributed by atoms with Crippen molar-refractivity contribution in [3.8, 4) is 0 Å². The summed E-state index contributed by atoms with van der Waals surface area (Å²) in [6, 6.07) is 4.93. The zero-order chi connectivity index (χ0) is 17.2. The van der Waals surface area contributed by atoms with Crippen molar-refractivity contribution in [2.45, 2.75) is 19.8 Å². The van der Waals surface area contributed by atoms with Gasteiger partial charge in [-0.15, -0.1) is 0 Å². The summed E-state index contributed by atoms with van der Waals surface area (Å²) in [5, 5.41) is 0. The third-order valence-electron chi connectivity index (χ3n) is 4.04. The number of nitrogens with one attached hydrogen (secondary N) is 1. The van der Waals surface area contributed by atoms with E-state index in [2.05, 4.69) is 4.72 Å². The first-order valence-corrected chi connectivity index (χ1v) is 9.24. The van der Waals surface area contributed by atoms with E-state index in [-0.39, 0.29) is 17.7 Å². The van der Waals surface area contributed by atoms with Crippen LogP contribution in [-0.2, 0) is 14.8 Å². The molecule has 126 valence electrons. The molecule has 1 aromatic rings. The van der Waals surface area contributed by atoms with Gasteiger partial charge in [-0.25, -0.2) is 8.42 Å². The van der Waals surface area contributed by atoms with Crippen molar-refractivity contribution in [2.75, 3.05) is 24.1 Å². The van der Waals surface area contributed by atoms with Crippen LogP contribution in [0.5, 0.6) is 0 Å². The lowest BCUT2D eigenvalue weighted by molar-refractivity contribution is -0.123. The first-order valence-electron chi connectivity index (χ1n) is 7.35. The van der Waals surface area contributed by atoms with Crippen LogP contribution in [0.3, 0.4) is 0 Å². The van der Waals surface area contributed by atoms with Crippen molar-refractivity contribution < 1.29 is 18.0 Å². The van der Waals surface area contributed by atoms with Gasteiger partial charge in [0, 0.05) is 24.6 Å². The van der Waals surface area contributed by atoms with E-state index in [9.17, 15) is 18.0 Å². The lowest BCUT2D eigenvalue weighted by Gasteiger charge is -2.31. The van der Waals surface area contributed by atoms with Gasteiger partial charge >= 0.3 is 0 Å². The van der Waals surface area contributed by atoms with Crippen LogP contribution in [0.2, 0.25) is 0 Å². The van der Waals surface area contributed by atoms with Crippen LogP contribution in [0.1, 0.15) is 28.8 Å². The Morgan fingerprint density at radius 1 is 1.26 bits per heavy atom. The number of benzene rings is 1. The molecule has 0 atom stereocenters. The number of primary amides is 1. The molecule has 23 heavy (non-hydrogen) atoms. The monoisotopic (exact) mass is 339 g/mol. The number of amides is 2. The summed E-state index contributed by atoms with van der Waals surface area (Å²) in [4.78, 5) is 25.5. The Balaban J connectivity index is 2.17. The summed E-state index contributed by atoms with van der Waals surface area (Å²) in [6.45, 7) is 2.64. The summed E-state index contributed by atoms with van der Waals surface area (Å²) >= 11 is 0. The van der Waals surface area contributed by atoms with Crippen molar-refractivity contribution in [1.82, 2.24) is 4.90 Å². The minimum absolute atomic E-state index is 0.164. The van der Waals surface area contributed by atoms with Crippen molar-refractivity contribution >= 4 is 27.5 Å². The Hall–Kier alpha value is -2.09. The summed E-state index contributed by atoms with van der Waals surface area (Å²) in [5.41, 5.74) is 6.73. The van der Waals surface area contributed by atoms with Crippen LogP contribution in [0.25, 0.3) is 0 Å². The smallest absolute Gasteiger partial charge is 0.254 e. The molecule has 0 radical (unpaired) electrons. The molecule has 0 aliphatic carbocycles. The Labute approximate surface area is 135 Å². The van der Waals surface area contributed by atoms with Gasteiger partial charge in [0.2, 0.25) is 15.9 Å². The number of nitrogens with two attached hydrogens (primary N) is 1.